The third-order valence-corrected chi connectivity index (χ3v) is 7.26. The molecule has 0 fully saturated rings. The predicted molar refractivity (Wildman–Crippen MR) is 162 cm³/mol. The fourth-order valence-corrected chi connectivity index (χ4v) is 4.58. The molecule has 0 aliphatic heterocycles. The van der Waals surface area contributed by atoms with Crippen molar-refractivity contribution in [3.8, 4) is 0 Å². The second-order valence-corrected chi connectivity index (χ2v) is 11.2. The first-order valence-corrected chi connectivity index (χ1v) is 16.4. The Morgan fingerprint density at radius 2 is 1.18 bits per heavy atom. The van der Waals surface area contributed by atoms with Gasteiger partial charge >= 0.3 is 11.9 Å². The number of unbranched alkanes of at least 4 members (excludes halogenated alkanes) is 15. The maximum absolute atomic E-state index is 12.0. The van der Waals surface area contributed by atoms with Crippen molar-refractivity contribution < 1.29 is 34.4 Å². The summed E-state index contributed by atoms with van der Waals surface area (Å²) in [6.07, 6.45) is 23.0. The van der Waals surface area contributed by atoms with Gasteiger partial charge in [-0.25, -0.2) is 0 Å². The molecule has 3 N–H and O–H groups in total. The van der Waals surface area contributed by atoms with Gasteiger partial charge in [0.1, 0.15) is 6.61 Å². The topological polar surface area (TPSA) is 113 Å². The molecular formula is C33H62O7. The standard InChI is InChI=1S/C33H62O7/c1-3-5-7-9-11-12-13-17-22-26-33(38)40-29(27-34)28-39-32(37)25-21-18-14-16-20-24-31(36)30(35)23-19-15-10-8-6-4-2/h15,19,29-31,34-36H,3-14,16-18,20-28H2,1-2H3/b19-15-/t29-,30+,31+/m0/s1. The highest BCUT2D eigenvalue weighted by Crippen LogP contribution is 2.14. The number of aliphatic hydroxyl groups excluding tert-OH is 3. The molecule has 7 heteroatoms. The zero-order valence-electron chi connectivity index (χ0n) is 25.8. The van der Waals surface area contributed by atoms with E-state index in [0.29, 0.717) is 25.7 Å². The molecule has 3 atom stereocenters. The van der Waals surface area contributed by atoms with Crippen LogP contribution in [0.3, 0.4) is 0 Å². The Morgan fingerprint density at radius 3 is 1.77 bits per heavy atom. The van der Waals surface area contributed by atoms with Gasteiger partial charge in [-0.15, -0.1) is 0 Å². The molecule has 0 radical (unpaired) electrons. The molecule has 0 spiro atoms. The molecule has 0 unspecified atom stereocenters. The molecule has 0 bridgehead atoms. The van der Waals surface area contributed by atoms with E-state index in [1.807, 2.05) is 6.08 Å². The molecule has 7 nitrogen and oxygen atoms in total. The Kier molecular flexibility index (Phi) is 28.0. The van der Waals surface area contributed by atoms with Crippen LogP contribution in [0.4, 0.5) is 0 Å². The van der Waals surface area contributed by atoms with Crippen molar-refractivity contribution in [3.63, 3.8) is 0 Å². The van der Waals surface area contributed by atoms with Crippen molar-refractivity contribution in [1.82, 2.24) is 0 Å². The van der Waals surface area contributed by atoms with Crippen LogP contribution < -0.4 is 0 Å². The molecule has 0 saturated heterocycles. The zero-order chi connectivity index (χ0) is 29.7. The predicted octanol–water partition coefficient (Wildman–Crippen LogP) is 7.33. The summed E-state index contributed by atoms with van der Waals surface area (Å²) >= 11 is 0. The Hall–Kier alpha value is -1.44. The van der Waals surface area contributed by atoms with Crippen LogP contribution in [0.25, 0.3) is 0 Å². The van der Waals surface area contributed by atoms with Gasteiger partial charge in [-0.05, 0) is 38.5 Å². The van der Waals surface area contributed by atoms with Gasteiger partial charge in [0, 0.05) is 12.8 Å². The molecule has 0 aliphatic rings. The van der Waals surface area contributed by atoms with E-state index in [2.05, 4.69) is 19.9 Å². The van der Waals surface area contributed by atoms with Crippen LogP contribution in [0.2, 0.25) is 0 Å². The maximum Gasteiger partial charge on any atom is 0.306 e. The minimum atomic E-state index is -0.812. The molecule has 0 heterocycles. The molecule has 0 aromatic heterocycles. The molecule has 0 aromatic rings. The maximum atomic E-state index is 12.0. The molecule has 0 saturated carbocycles. The van der Waals surface area contributed by atoms with E-state index in [1.165, 1.54) is 57.8 Å². The number of hydrogen-bond acceptors (Lipinski definition) is 7. The quantitative estimate of drug-likeness (QED) is 0.0490. The summed E-state index contributed by atoms with van der Waals surface area (Å²) < 4.78 is 10.5. The number of rotatable bonds is 29. The van der Waals surface area contributed by atoms with Gasteiger partial charge in [0.25, 0.3) is 0 Å². The summed E-state index contributed by atoms with van der Waals surface area (Å²) in [5.74, 6) is -0.704. The van der Waals surface area contributed by atoms with E-state index in [1.54, 1.807) is 0 Å². The highest BCUT2D eigenvalue weighted by molar-refractivity contribution is 5.70. The number of esters is 2. The van der Waals surface area contributed by atoms with Crippen LogP contribution in [-0.4, -0.2) is 58.8 Å². The lowest BCUT2D eigenvalue weighted by Crippen LogP contribution is -2.28. The number of allylic oxidation sites excluding steroid dienone is 1. The van der Waals surface area contributed by atoms with E-state index in [4.69, 9.17) is 9.47 Å². The van der Waals surface area contributed by atoms with E-state index in [-0.39, 0.29) is 31.6 Å². The molecule has 0 amide bonds. The summed E-state index contributed by atoms with van der Waals surface area (Å²) in [4.78, 5) is 24.0. The van der Waals surface area contributed by atoms with Gasteiger partial charge in [-0.3, -0.25) is 9.59 Å². The van der Waals surface area contributed by atoms with Crippen molar-refractivity contribution in [2.75, 3.05) is 13.2 Å². The van der Waals surface area contributed by atoms with Gasteiger partial charge in [0.2, 0.25) is 0 Å². The summed E-state index contributed by atoms with van der Waals surface area (Å²) in [5, 5.41) is 29.7. The minimum Gasteiger partial charge on any atom is -0.462 e. The van der Waals surface area contributed by atoms with Crippen LogP contribution in [0.5, 0.6) is 0 Å². The van der Waals surface area contributed by atoms with Crippen LogP contribution in [0.1, 0.15) is 155 Å². The van der Waals surface area contributed by atoms with Crippen molar-refractivity contribution in [2.24, 2.45) is 0 Å². The second-order valence-electron chi connectivity index (χ2n) is 11.2. The second kappa shape index (κ2) is 29.1. The molecule has 0 aliphatic carbocycles. The van der Waals surface area contributed by atoms with Crippen molar-refractivity contribution in [1.29, 1.82) is 0 Å². The van der Waals surface area contributed by atoms with Crippen molar-refractivity contribution >= 4 is 11.9 Å². The van der Waals surface area contributed by atoms with Crippen molar-refractivity contribution in [2.45, 2.75) is 173 Å². The molecule has 0 aromatic carbocycles. The number of ether oxygens (including phenoxy) is 2. The number of aliphatic hydroxyl groups is 3. The Bertz CT molecular complexity index is 608. The van der Waals surface area contributed by atoms with Gasteiger partial charge in [0.05, 0.1) is 18.8 Å². The van der Waals surface area contributed by atoms with Crippen LogP contribution in [0.15, 0.2) is 12.2 Å². The molecule has 40 heavy (non-hydrogen) atoms. The first-order chi connectivity index (χ1) is 19.4. The summed E-state index contributed by atoms with van der Waals surface area (Å²) in [6, 6.07) is 0. The molecular weight excluding hydrogens is 508 g/mol. The highest BCUT2D eigenvalue weighted by atomic mass is 16.6. The first kappa shape index (κ1) is 38.6. The van der Waals surface area contributed by atoms with E-state index in [0.717, 1.165) is 51.4 Å². The summed E-state index contributed by atoms with van der Waals surface area (Å²) in [5.41, 5.74) is 0. The van der Waals surface area contributed by atoms with Gasteiger partial charge < -0.3 is 24.8 Å². The fraction of sp³-hybridized carbons (Fsp3) is 0.879. The molecule has 0 rings (SSSR count). The lowest BCUT2D eigenvalue weighted by molar-refractivity contribution is -0.161. The minimum absolute atomic E-state index is 0.118. The Morgan fingerprint density at radius 1 is 0.650 bits per heavy atom. The summed E-state index contributed by atoms with van der Waals surface area (Å²) in [6.45, 7) is 3.90. The van der Waals surface area contributed by atoms with E-state index < -0.39 is 18.3 Å². The largest absolute Gasteiger partial charge is 0.462 e. The van der Waals surface area contributed by atoms with Crippen LogP contribution >= 0.6 is 0 Å². The van der Waals surface area contributed by atoms with Crippen LogP contribution in [-0.2, 0) is 19.1 Å². The third kappa shape index (κ3) is 25.5. The Labute approximate surface area is 245 Å². The normalized spacial score (nSPS) is 13.8. The number of carbonyl (C=O) groups is 2. The number of hydrogen-bond donors (Lipinski definition) is 3. The smallest absolute Gasteiger partial charge is 0.306 e. The fourth-order valence-electron chi connectivity index (χ4n) is 4.58. The van der Waals surface area contributed by atoms with E-state index in [9.17, 15) is 24.9 Å². The van der Waals surface area contributed by atoms with Crippen LogP contribution in [0, 0.1) is 0 Å². The highest BCUT2D eigenvalue weighted by Gasteiger charge is 2.16. The zero-order valence-corrected chi connectivity index (χ0v) is 25.8. The van der Waals surface area contributed by atoms with Gasteiger partial charge in [-0.1, -0.05) is 116 Å². The van der Waals surface area contributed by atoms with Gasteiger partial charge in [-0.2, -0.15) is 0 Å². The first-order valence-electron chi connectivity index (χ1n) is 16.4. The average Bonchev–Trinajstić information content (AvgIpc) is 2.95. The Balaban J connectivity index is 3.73. The SMILES string of the molecule is CCCCC/C=C\C[C@@H](O)[C@H](O)CCCCCCCC(=O)OC[C@H](CO)OC(=O)CCCCCCCCCCC. The lowest BCUT2D eigenvalue weighted by Gasteiger charge is -2.16. The lowest BCUT2D eigenvalue weighted by atomic mass is 10.0. The molecule has 236 valence electrons. The third-order valence-electron chi connectivity index (χ3n) is 7.26. The average molecular weight is 571 g/mol. The van der Waals surface area contributed by atoms with E-state index >= 15 is 0 Å². The van der Waals surface area contributed by atoms with Gasteiger partial charge in [0.15, 0.2) is 6.10 Å². The number of carbonyl (C=O) groups excluding carboxylic acids is 2. The summed E-state index contributed by atoms with van der Waals surface area (Å²) in [7, 11) is 0. The monoisotopic (exact) mass is 570 g/mol. The van der Waals surface area contributed by atoms with Crippen molar-refractivity contribution in [3.05, 3.63) is 12.2 Å².